The zero-order chi connectivity index (χ0) is 20.3. The minimum absolute atomic E-state index is 0.152. The summed E-state index contributed by atoms with van der Waals surface area (Å²) in [4.78, 5) is 38.3. The monoisotopic (exact) mass is 443 g/mol. The fraction of sp³-hybridized carbons (Fsp3) is 0.286. The number of carbonyl (C=O) groups is 1. The van der Waals surface area contributed by atoms with Gasteiger partial charge in [-0.3, -0.25) is 18.7 Å². The maximum atomic E-state index is 13.0. The Hall–Kier alpha value is -2.67. The van der Waals surface area contributed by atoms with Gasteiger partial charge in [-0.25, -0.2) is 4.79 Å². The van der Waals surface area contributed by atoms with Gasteiger partial charge in [0.2, 0.25) is 5.91 Å². The van der Waals surface area contributed by atoms with Crippen molar-refractivity contribution >= 4 is 32.7 Å². The Bertz CT molecular complexity index is 1130. The highest BCUT2D eigenvalue weighted by Gasteiger charge is 2.17. The molecule has 28 heavy (non-hydrogen) atoms. The molecule has 1 atom stereocenters. The minimum atomic E-state index is -0.464. The molecule has 7 heteroatoms. The SMILES string of the molecule is CCC(C)n1c(=O)c2ccccc2n(CC(=O)NCc2ccccc2Br)c1=O. The zero-order valence-corrected chi connectivity index (χ0v) is 17.4. The summed E-state index contributed by atoms with van der Waals surface area (Å²) in [5.74, 6) is -0.294. The maximum absolute atomic E-state index is 13.0. The quantitative estimate of drug-likeness (QED) is 0.635. The van der Waals surface area contributed by atoms with Crippen LogP contribution in [0.15, 0.2) is 62.6 Å². The molecule has 1 heterocycles. The Morgan fingerprint density at radius 1 is 1.11 bits per heavy atom. The van der Waals surface area contributed by atoms with E-state index in [1.165, 1.54) is 9.13 Å². The van der Waals surface area contributed by atoms with Crippen LogP contribution in [-0.4, -0.2) is 15.0 Å². The van der Waals surface area contributed by atoms with Gasteiger partial charge in [-0.15, -0.1) is 0 Å². The summed E-state index contributed by atoms with van der Waals surface area (Å²) in [6.45, 7) is 3.94. The molecule has 1 unspecified atom stereocenters. The van der Waals surface area contributed by atoms with Crippen molar-refractivity contribution < 1.29 is 4.79 Å². The van der Waals surface area contributed by atoms with Crippen LogP contribution in [0.3, 0.4) is 0 Å². The predicted molar refractivity (Wildman–Crippen MR) is 113 cm³/mol. The molecule has 6 nitrogen and oxygen atoms in total. The van der Waals surface area contributed by atoms with Crippen molar-refractivity contribution in [3.05, 3.63) is 79.4 Å². The third-order valence-electron chi connectivity index (χ3n) is 4.85. The Balaban J connectivity index is 1.96. The maximum Gasteiger partial charge on any atom is 0.332 e. The van der Waals surface area contributed by atoms with Crippen molar-refractivity contribution in [2.24, 2.45) is 0 Å². The van der Waals surface area contributed by atoms with Crippen LogP contribution in [0.2, 0.25) is 0 Å². The van der Waals surface area contributed by atoms with E-state index in [0.29, 0.717) is 23.9 Å². The topological polar surface area (TPSA) is 73.1 Å². The van der Waals surface area contributed by atoms with E-state index in [-0.39, 0.29) is 24.1 Å². The van der Waals surface area contributed by atoms with Gasteiger partial charge in [0.25, 0.3) is 5.56 Å². The average molecular weight is 444 g/mol. The molecule has 1 aromatic heterocycles. The molecule has 1 amide bonds. The molecular formula is C21H22BrN3O3. The first-order valence-corrected chi connectivity index (χ1v) is 9.97. The number of halogens is 1. The zero-order valence-electron chi connectivity index (χ0n) is 15.8. The van der Waals surface area contributed by atoms with Crippen molar-refractivity contribution in [1.29, 1.82) is 0 Å². The van der Waals surface area contributed by atoms with Gasteiger partial charge in [-0.1, -0.05) is 53.2 Å². The number of nitrogens with one attached hydrogen (secondary N) is 1. The van der Waals surface area contributed by atoms with E-state index in [1.807, 2.05) is 38.1 Å². The summed E-state index contributed by atoms with van der Waals surface area (Å²) in [5, 5.41) is 3.27. The predicted octanol–water partition coefficient (Wildman–Crippen LogP) is 3.21. The van der Waals surface area contributed by atoms with Gasteiger partial charge in [0, 0.05) is 17.1 Å². The van der Waals surface area contributed by atoms with Gasteiger partial charge < -0.3 is 5.32 Å². The van der Waals surface area contributed by atoms with Crippen molar-refractivity contribution in [1.82, 2.24) is 14.5 Å². The number of para-hydroxylation sites is 1. The molecule has 0 spiro atoms. The summed E-state index contributed by atoms with van der Waals surface area (Å²) >= 11 is 3.45. The molecule has 3 aromatic rings. The molecule has 0 bridgehead atoms. The Morgan fingerprint density at radius 3 is 2.50 bits per heavy atom. The van der Waals surface area contributed by atoms with E-state index < -0.39 is 5.69 Å². The molecule has 0 radical (unpaired) electrons. The van der Waals surface area contributed by atoms with Gasteiger partial charge in [0.15, 0.2) is 0 Å². The molecule has 2 aromatic carbocycles. The first-order valence-electron chi connectivity index (χ1n) is 9.18. The molecule has 0 saturated carbocycles. The van der Waals surface area contributed by atoms with Crippen molar-refractivity contribution in [2.45, 2.75) is 39.4 Å². The van der Waals surface area contributed by atoms with Crippen LogP contribution >= 0.6 is 15.9 Å². The molecule has 3 rings (SSSR count). The molecule has 0 aliphatic rings. The van der Waals surface area contributed by atoms with Crippen LogP contribution in [-0.2, 0) is 17.9 Å². The highest BCUT2D eigenvalue weighted by Crippen LogP contribution is 2.15. The second-order valence-electron chi connectivity index (χ2n) is 6.69. The number of fused-ring (bicyclic) bond motifs is 1. The van der Waals surface area contributed by atoms with Crippen LogP contribution < -0.4 is 16.6 Å². The number of amides is 1. The van der Waals surface area contributed by atoms with Crippen LogP contribution in [0.5, 0.6) is 0 Å². The van der Waals surface area contributed by atoms with E-state index in [9.17, 15) is 14.4 Å². The summed E-state index contributed by atoms with van der Waals surface area (Å²) in [6.07, 6.45) is 0.641. The summed E-state index contributed by atoms with van der Waals surface area (Å²) < 4.78 is 3.52. The lowest BCUT2D eigenvalue weighted by atomic mass is 10.2. The third kappa shape index (κ3) is 3.94. The fourth-order valence-corrected chi connectivity index (χ4v) is 3.52. The minimum Gasteiger partial charge on any atom is -0.350 e. The van der Waals surface area contributed by atoms with Crippen molar-refractivity contribution in [3.8, 4) is 0 Å². The number of rotatable bonds is 6. The number of benzene rings is 2. The molecular weight excluding hydrogens is 422 g/mol. The highest BCUT2D eigenvalue weighted by molar-refractivity contribution is 9.10. The van der Waals surface area contributed by atoms with Crippen LogP contribution in [0, 0.1) is 0 Å². The second-order valence-corrected chi connectivity index (χ2v) is 7.54. The molecule has 0 aliphatic carbocycles. The molecule has 146 valence electrons. The third-order valence-corrected chi connectivity index (χ3v) is 5.62. The molecule has 0 fully saturated rings. The number of nitrogens with zero attached hydrogens (tertiary/aromatic N) is 2. The normalized spacial score (nSPS) is 12.1. The fourth-order valence-electron chi connectivity index (χ4n) is 3.10. The van der Waals surface area contributed by atoms with E-state index >= 15 is 0 Å². The summed E-state index contributed by atoms with van der Waals surface area (Å²) in [6, 6.07) is 14.3. The van der Waals surface area contributed by atoms with E-state index in [4.69, 9.17) is 0 Å². The van der Waals surface area contributed by atoms with Gasteiger partial charge in [0.05, 0.1) is 10.9 Å². The lowest BCUT2D eigenvalue weighted by Gasteiger charge is -2.17. The second kappa shape index (κ2) is 8.56. The number of carbonyl (C=O) groups excluding carboxylic acids is 1. The van der Waals surface area contributed by atoms with Crippen LogP contribution in [0.25, 0.3) is 10.9 Å². The Morgan fingerprint density at radius 2 is 1.79 bits per heavy atom. The Labute approximate surface area is 170 Å². The van der Waals surface area contributed by atoms with E-state index in [2.05, 4.69) is 21.2 Å². The Kier molecular flexibility index (Phi) is 6.14. The lowest BCUT2D eigenvalue weighted by Crippen LogP contribution is -2.43. The van der Waals surface area contributed by atoms with Gasteiger partial charge in [0.1, 0.15) is 6.54 Å². The largest absolute Gasteiger partial charge is 0.350 e. The highest BCUT2D eigenvalue weighted by atomic mass is 79.9. The average Bonchev–Trinajstić information content (AvgIpc) is 2.70. The van der Waals surface area contributed by atoms with Gasteiger partial charge in [-0.2, -0.15) is 0 Å². The smallest absolute Gasteiger partial charge is 0.332 e. The van der Waals surface area contributed by atoms with Gasteiger partial charge >= 0.3 is 5.69 Å². The number of hydrogen-bond donors (Lipinski definition) is 1. The van der Waals surface area contributed by atoms with Crippen molar-refractivity contribution in [2.75, 3.05) is 0 Å². The molecule has 0 saturated heterocycles. The van der Waals surface area contributed by atoms with Crippen LogP contribution in [0.1, 0.15) is 31.9 Å². The number of hydrogen-bond acceptors (Lipinski definition) is 3. The number of aromatic nitrogens is 2. The van der Waals surface area contributed by atoms with Crippen molar-refractivity contribution in [3.63, 3.8) is 0 Å². The molecule has 0 aliphatic heterocycles. The van der Waals surface area contributed by atoms with Crippen LogP contribution in [0.4, 0.5) is 0 Å². The van der Waals surface area contributed by atoms with Gasteiger partial charge in [-0.05, 0) is 37.1 Å². The van der Waals surface area contributed by atoms with E-state index in [1.54, 1.807) is 24.3 Å². The lowest BCUT2D eigenvalue weighted by molar-refractivity contribution is -0.121. The first kappa shape index (κ1) is 20.1. The standard InChI is InChI=1S/C21H22BrN3O3/c1-3-14(2)25-20(27)16-9-5-7-11-18(16)24(21(25)28)13-19(26)23-12-15-8-4-6-10-17(15)22/h4-11,14H,3,12-13H2,1-2H3,(H,23,26). The summed E-state index contributed by atoms with van der Waals surface area (Å²) in [5.41, 5.74) is 0.625. The first-order chi connectivity index (χ1) is 13.4. The summed E-state index contributed by atoms with van der Waals surface area (Å²) in [7, 11) is 0. The van der Waals surface area contributed by atoms with E-state index in [0.717, 1.165) is 10.0 Å². The molecule has 1 N–H and O–H groups in total.